The lowest BCUT2D eigenvalue weighted by Gasteiger charge is -2.41. The Balaban J connectivity index is 2.61. The first-order chi connectivity index (χ1) is 9.73. The molecule has 122 valence electrons. The molecule has 5 nitrogen and oxygen atoms in total. The molecular formula is C16H31N3O2. The molecular weight excluding hydrogens is 266 g/mol. The van der Waals surface area contributed by atoms with Gasteiger partial charge in [-0.2, -0.15) is 0 Å². The molecule has 0 radical (unpaired) electrons. The summed E-state index contributed by atoms with van der Waals surface area (Å²) in [5.41, 5.74) is 0. The third kappa shape index (κ3) is 4.99. The van der Waals surface area contributed by atoms with Crippen LogP contribution in [0, 0.1) is 0 Å². The molecule has 1 N–H and O–H groups in total. The Morgan fingerprint density at radius 2 is 1.71 bits per heavy atom. The standard InChI is InChI=1S/C16H31N3O2/c1-11(2)17-15(20)10-18(6)14(5)16(21)19-12(3)8-7-9-13(19)4/h11-14H,7-10H2,1-6H3,(H,17,20)/t12-,13-,14+/m0/s1. The van der Waals surface area contributed by atoms with Gasteiger partial charge < -0.3 is 10.2 Å². The molecule has 1 rings (SSSR count). The summed E-state index contributed by atoms with van der Waals surface area (Å²) in [5, 5.41) is 2.86. The van der Waals surface area contributed by atoms with Gasteiger partial charge in [0, 0.05) is 18.1 Å². The summed E-state index contributed by atoms with van der Waals surface area (Å²) < 4.78 is 0. The van der Waals surface area contributed by atoms with E-state index >= 15 is 0 Å². The number of likely N-dealkylation sites (tertiary alicyclic amines) is 1. The Hall–Kier alpha value is -1.10. The molecule has 0 aromatic rings. The van der Waals surface area contributed by atoms with E-state index < -0.39 is 0 Å². The molecule has 0 unspecified atom stereocenters. The summed E-state index contributed by atoms with van der Waals surface area (Å²) in [6.07, 6.45) is 3.33. The van der Waals surface area contributed by atoms with E-state index in [2.05, 4.69) is 19.2 Å². The molecule has 0 aromatic carbocycles. The molecule has 3 atom stereocenters. The maximum atomic E-state index is 12.7. The van der Waals surface area contributed by atoms with Crippen LogP contribution in [0.2, 0.25) is 0 Å². The highest BCUT2D eigenvalue weighted by molar-refractivity contribution is 5.84. The van der Waals surface area contributed by atoms with Crippen molar-refractivity contribution < 1.29 is 9.59 Å². The fraction of sp³-hybridized carbons (Fsp3) is 0.875. The van der Waals surface area contributed by atoms with Crippen molar-refractivity contribution in [2.45, 2.75) is 78.0 Å². The van der Waals surface area contributed by atoms with Crippen molar-refractivity contribution >= 4 is 11.8 Å². The largest absolute Gasteiger partial charge is 0.353 e. The second kappa shape index (κ2) is 7.78. The van der Waals surface area contributed by atoms with E-state index in [1.807, 2.05) is 37.6 Å². The summed E-state index contributed by atoms with van der Waals surface area (Å²) in [6, 6.07) is 0.438. The average molecular weight is 297 g/mol. The number of nitrogens with one attached hydrogen (secondary N) is 1. The lowest BCUT2D eigenvalue weighted by Crippen LogP contribution is -2.55. The van der Waals surface area contributed by atoms with Crippen molar-refractivity contribution in [2.24, 2.45) is 0 Å². The highest BCUT2D eigenvalue weighted by atomic mass is 16.2. The van der Waals surface area contributed by atoms with Gasteiger partial charge in [-0.25, -0.2) is 0 Å². The van der Waals surface area contributed by atoms with Gasteiger partial charge in [0.15, 0.2) is 0 Å². The number of piperidine rings is 1. The summed E-state index contributed by atoms with van der Waals surface area (Å²) in [4.78, 5) is 28.4. The number of likely N-dealkylation sites (N-methyl/N-ethyl adjacent to an activating group) is 1. The van der Waals surface area contributed by atoms with Crippen LogP contribution in [-0.4, -0.2) is 59.4 Å². The van der Waals surface area contributed by atoms with Crippen LogP contribution < -0.4 is 5.32 Å². The highest BCUT2D eigenvalue weighted by Crippen LogP contribution is 2.23. The van der Waals surface area contributed by atoms with E-state index in [-0.39, 0.29) is 30.4 Å². The number of hydrogen-bond donors (Lipinski definition) is 1. The topological polar surface area (TPSA) is 52.7 Å². The molecule has 0 bridgehead atoms. The highest BCUT2D eigenvalue weighted by Gasteiger charge is 2.33. The minimum atomic E-state index is -0.272. The predicted octanol–water partition coefficient (Wildman–Crippen LogP) is 1.62. The Morgan fingerprint density at radius 3 is 2.19 bits per heavy atom. The van der Waals surface area contributed by atoms with Gasteiger partial charge >= 0.3 is 0 Å². The Kier molecular flexibility index (Phi) is 6.65. The Bertz CT molecular complexity index is 361. The third-order valence-corrected chi connectivity index (χ3v) is 4.31. The molecule has 1 heterocycles. The van der Waals surface area contributed by atoms with Crippen LogP contribution in [0.25, 0.3) is 0 Å². The summed E-state index contributed by atoms with van der Waals surface area (Å²) in [7, 11) is 1.84. The van der Waals surface area contributed by atoms with Crippen LogP contribution in [-0.2, 0) is 9.59 Å². The lowest BCUT2D eigenvalue weighted by atomic mass is 9.96. The average Bonchev–Trinajstić information content (AvgIpc) is 2.36. The number of nitrogens with zero attached hydrogens (tertiary/aromatic N) is 2. The van der Waals surface area contributed by atoms with E-state index in [1.165, 1.54) is 6.42 Å². The molecule has 0 saturated carbocycles. The number of carbonyl (C=O) groups excluding carboxylic acids is 2. The third-order valence-electron chi connectivity index (χ3n) is 4.31. The van der Waals surface area contributed by atoms with Gasteiger partial charge in [-0.05, 0) is 60.9 Å². The smallest absolute Gasteiger partial charge is 0.240 e. The van der Waals surface area contributed by atoms with E-state index in [1.54, 1.807) is 0 Å². The molecule has 0 aromatic heterocycles. The minimum absolute atomic E-state index is 0.0353. The maximum Gasteiger partial charge on any atom is 0.240 e. The van der Waals surface area contributed by atoms with E-state index in [9.17, 15) is 9.59 Å². The zero-order chi connectivity index (χ0) is 16.2. The fourth-order valence-corrected chi connectivity index (χ4v) is 2.99. The van der Waals surface area contributed by atoms with Crippen LogP contribution in [0.15, 0.2) is 0 Å². The second-order valence-electron chi connectivity index (χ2n) is 6.69. The molecule has 1 aliphatic heterocycles. The number of amides is 2. The molecule has 0 aliphatic carbocycles. The van der Waals surface area contributed by atoms with Crippen molar-refractivity contribution in [2.75, 3.05) is 13.6 Å². The van der Waals surface area contributed by atoms with Crippen LogP contribution in [0.4, 0.5) is 0 Å². The molecule has 21 heavy (non-hydrogen) atoms. The number of hydrogen-bond acceptors (Lipinski definition) is 3. The van der Waals surface area contributed by atoms with Crippen LogP contribution in [0.5, 0.6) is 0 Å². The normalized spacial score (nSPS) is 24.3. The van der Waals surface area contributed by atoms with Crippen LogP contribution in [0.1, 0.15) is 53.9 Å². The first-order valence-corrected chi connectivity index (χ1v) is 8.05. The van der Waals surface area contributed by atoms with Gasteiger partial charge in [0.25, 0.3) is 0 Å². The second-order valence-corrected chi connectivity index (χ2v) is 6.69. The zero-order valence-corrected chi connectivity index (χ0v) is 14.3. The fourth-order valence-electron chi connectivity index (χ4n) is 2.99. The Morgan fingerprint density at radius 1 is 1.19 bits per heavy atom. The molecule has 1 saturated heterocycles. The number of carbonyl (C=O) groups is 2. The SMILES string of the molecule is CC(C)NC(=O)CN(C)[C@H](C)C(=O)N1[C@@H](C)CCC[C@@H]1C. The predicted molar refractivity (Wildman–Crippen MR) is 85.0 cm³/mol. The van der Waals surface area contributed by atoms with Gasteiger partial charge in [0.05, 0.1) is 12.6 Å². The summed E-state index contributed by atoms with van der Waals surface area (Å²) >= 11 is 0. The van der Waals surface area contributed by atoms with Crippen molar-refractivity contribution in [3.8, 4) is 0 Å². The monoisotopic (exact) mass is 297 g/mol. The molecule has 1 aliphatic rings. The zero-order valence-electron chi connectivity index (χ0n) is 14.3. The van der Waals surface area contributed by atoms with Crippen LogP contribution in [0.3, 0.4) is 0 Å². The van der Waals surface area contributed by atoms with Gasteiger partial charge in [-0.3, -0.25) is 14.5 Å². The van der Waals surface area contributed by atoms with Gasteiger partial charge in [0.2, 0.25) is 11.8 Å². The molecule has 2 amide bonds. The maximum absolute atomic E-state index is 12.7. The summed E-state index contributed by atoms with van der Waals surface area (Å²) in [5.74, 6) is 0.0986. The number of rotatable bonds is 5. The molecule has 0 spiro atoms. The van der Waals surface area contributed by atoms with Gasteiger partial charge in [-0.15, -0.1) is 0 Å². The quantitative estimate of drug-likeness (QED) is 0.839. The molecule has 5 heteroatoms. The van der Waals surface area contributed by atoms with Crippen molar-refractivity contribution in [1.82, 2.24) is 15.1 Å². The first kappa shape index (κ1) is 18.0. The van der Waals surface area contributed by atoms with Crippen molar-refractivity contribution in [3.05, 3.63) is 0 Å². The van der Waals surface area contributed by atoms with E-state index in [4.69, 9.17) is 0 Å². The van der Waals surface area contributed by atoms with Gasteiger partial charge in [-0.1, -0.05) is 0 Å². The lowest BCUT2D eigenvalue weighted by molar-refractivity contribution is -0.142. The van der Waals surface area contributed by atoms with Crippen molar-refractivity contribution in [3.63, 3.8) is 0 Å². The summed E-state index contributed by atoms with van der Waals surface area (Å²) in [6.45, 7) is 10.2. The first-order valence-electron chi connectivity index (χ1n) is 8.05. The van der Waals surface area contributed by atoms with E-state index in [0.717, 1.165) is 12.8 Å². The minimum Gasteiger partial charge on any atom is -0.353 e. The van der Waals surface area contributed by atoms with E-state index in [0.29, 0.717) is 12.1 Å². The van der Waals surface area contributed by atoms with Crippen LogP contribution >= 0.6 is 0 Å². The molecule has 1 fully saturated rings. The Labute approximate surface area is 129 Å². The van der Waals surface area contributed by atoms with Crippen molar-refractivity contribution in [1.29, 1.82) is 0 Å². The van der Waals surface area contributed by atoms with Gasteiger partial charge in [0.1, 0.15) is 0 Å².